The van der Waals surface area contributed by atoms with E-state index in [1.807, 2.05) is 43.4 Å². The van der Waals surface area contributed by atoms with E-state index in [-0.39, 0.29) is 0 Å². The van der Waals surface area contributed by atoms with E-state index in [0.717, 1.165) is 33.6 Å². The molecule has 1 aromatic heterocycles. The number of benzene rings is 3. The highest BCUT2D eigenvalue weighted by atomic mass is 32.1. The largest absolute Gasteiger partial charge is 0.489 e. The zero-order valence-corrected chi connectivity index (χ0v) is 27.4. The molecule has 236 valence electrons. The Morgan fingerprint density at radius 1 is 0.889 bits per heavy atom. The number of ether oxygens (including phenoxy) is 3. The van der Waals surface area contributed by atoms with Gasteiger partial charge in [-0.1, -0.05) is 55.7 Å². The number of hydrogen-bond donors (Lipinski definition) is 0. The van der Waals surface area contributed by atoms with E-state index < -0.39 is 24.1 Å². The van der Waals surface area contributed by atoms with Crippen LogP contribution >= 0.6 is 11.3 Å². The van der Waals surface area contributed by atoms with Crippen molar-refractivity contribution in [3.63, 3.8) is 0 Å². The Kier molecular flexibility index (Phi) is 10.6. The van der Waals surface area contributed by atoms with Crippen molar-refractivity contribution in [3.8, 4) is 17.0 Å². The number of anilines is 1. The van der Waals surface area contributed by atoms with E-state index in [4.69, 9.17) is 19.2 Å². The molecular weight excluding hydrogens is 584 g/mol. The molecule has 8 heteroatoms. The normalized spacial score (nSPS) is 13.7. The molecule has 1 heterocycles. The monoisotopic (exact) mass is 626 g/mol. The van der Waals surface area contributed by atoms with Gasteiger partial charge in [-0.2, -0.15) is 0 Å². The van der Waals surface area contributed by atoms with Crippen LogP contribution in [-0.2, 0) is 27.4 Å². The van der Waals surface area contributed by atoms with Crippen molar-refractivity contribution < 1.29 is 23.8 Å². The molecule has 0 spiro atoms. The van der Waals surface area contributed by atoms with E-state index >= 15 is 0 Å². The van der Waals surface area contributed by atoms with Crippen LogP contribution in [0.25, 0.3) is 11.3 Å². The predicted molar refractivity (Wildman–Crippen MR) is 179 cm³/mol. The quantitative estimate of drug-likeness (QED) is 0.154. The van der Waals surface area contributed by atoms with Gasteiger partial charge >= 0.3 is 11.9 Å². The zero-order valence-electron chi connectivity index (χ0n) is 26.6. The molecule has 0 saturated heterocycles. The van der Waals surface area contributed by atoms with Crippen LogP contribution in [0.5, 0.6) is 5.75 Å². The highest BCUT2D eigenvalue weighted by Crippen LogP contribution is 2.33. The van der Waals surface area contributed by atoms with Crippen LogP contribution in [-0.4, -0.2) is 36.2 Å². The zero-order chi connectivity index (χ0) is 31.8. The minimum atomic E-state index is -0.629. The third-order valence-electron chi connectivity index (χ3n) is 7.78. The second-order valence-corrected chi connectivity index (χ2v) is 13.5. The van der Waals surface area contributed by atoms with Gasteiger partial charge in [-0.05, 0) is 92.6 Å². The molecule has 4 aromatic rings. The Morgan fingerprint density at radius 2 is 1.56 bits per heavy atom. The number of carbonyl (C=O) groups excluding carboxylic acids is 2. The van der Waals surface area contributed by atoms with Gasteiger partial charge in [-0.15, -0.1) is 11.3 Å². The molecule has 0 radical (unpaired) electrons. The van der Waals surface area contributed by atoms with E-state index in [0.29, 0.717) is 18.7 Å². The lowest BCUT2D eigenvalue weighted by Crippen LogP contribution is -2.27. The predicted octanol–water partition coefficient (Wildman–Crippen LogP) is 8.57. The van der Waals surface area contributed by atoms with Crippen LogP contribution < -0.4 is 9.64 Å². The van der Waals surface area contributed by atoms with Gasteiger partial charge in [0.25, 0.3) is 0 Å². The van der Waals surface area contributed by atoms with Gasteiger partial charge in [0.05, 0.1) is 11.3 Å². The minimum Gasteiger partial charge on any atom is -0.489 e. The summed E-state index contributed by atoms with van der Waals surface area (Å²) in [7, 11) is 1.99. The second kappa shape index (κ2) is 14.7. The van der Waals surface area contributed by atoms with Gasteiger partial charge in [-0.25, -0.2) is 14.6 Å². The number of aromatic nitrogens is 1. The first-order valence-electron chi connectivity index (χ1n) is 15.6. The molecule has 1 aliphatic carbocycles. The first-order valence-corrected chi connectivity index (χ1v) is 16.5. The van der Waals surface area contributed by atoms with Crippen molar-refractivity contribution in [2.75, 3.05) is 18.6 Å². The average molecular weight is 627 g/mol. The summed E-state index contributed by atoms with van der Waals surface area (Å²) in [6.07, 6.45) is 6.70. The standard InChI is InChI=1S/C37H42N2O5S/c1-37(2,3)44-34(40)24-43-35(41)31-16-10-26(11-17-31)22-39(4)36-38-33(25-45-36)30-18-20-32(21-19-30)42-23-27-12-14-29(15-13-27)28-8-6-5-7-9-28/h10-21,25,28H,5-9,22-24H2,1-4H3. The Morgan fingerprint density at radius 3 is 2.22 bits per heavy atom. The third kappa shape index (κ3) is 9.41. The summed E-state index contributed by atoms with van der Waals surface area (Å²) >= 11 is 1.58. The maximum Gasteiger partial charge on any atom is 0.344 e. The average Bonchev–Trinajstić information content (AvgIpc) is 3.54. The molecule has 3 aromatic carbocycles. The van der Waals surface area contributed by atoms with E-state index in [9.17, 15) is 9.59 Å². The summed E-state index contributed by atoms with van der Waals surface area (Å²) in [5.74, 6) is 0.410. The maximum absolute atomic E-state index is 12.3. The Labute approximate surface area is 270 Å². The maximum atomic E-state index is 12.3. The van der Waals surface area contributed by atoms with Crippen molar-refractivity contribution in [3.05, 3.63) is 100 Å². The number of thiazole rings is 1. The van der Waals surface area contributed by atoms with Crippen LogP contribution in [0.4, 0.5) is 5.13 Å². The molecule has 0 aliphatic heterocycles. The van der Waals surface area contributed by atoms with Gasteiger partial charge in [-0.3, -0.25) is 0 Å². The molecule has 0 N–H and O–H groups in total. The molecule has 0 unspecified atom stereocenters. The molecule has 1 fully saturated rings. The third-order valence-corrected chi connectivity index (χ3v) is 8.74. The van der Waals surface area contributed by atoms with Crippen molar-refractivity contribution in [1.82, 2.24) is 4.98 Å². The number of carbonyl (C=O) groups is 2. The van der Waals surface area contributed by atoms with E-state index in [2.05, 4.69) is 34.5 Å². The van der Waals surface area contributed by atoms with Crippen molar-refractivity contribution in [1.29, 1.82) is 0 Å². The van der Waals surface area contributed by atoms with Crippen molar-refractivity contribution >= 4 is 28.4 Å². The van der Waals surface area contributed by atoms with Crippen LogP contribution in [0.1, 0.15) is 85.8 Å². The first-order chi connectivity index (χ1) is 21.6. The lowest BCUT2D eigenvalue weighted by atomic mass is 9.84. The summed E-state index contributed by atoms with van der Waals surface area (Å²) in [5, 5.41) is 2.95. The topological polar surface area (TPSA) is 78.0 Å². The molecule has 5 rings (SSSR count). The van der Waals surface area contributed by atoms with Gasteiger partial charge in [0.1, 0.15) is 18.0 Å². The number of nitrogens with zero attached hydrogens (tertiary/aromatic N) is 2. The van der Waals surface area contributed by atoms with E-state index in [1.54, 1.807) is 44.2 Å². The van der Waals surface area contributed by atoms with Crippen LogP contribution in [0.15, 0.2) is 78.2 Å². The second-order valence-electron chi connectivity index (χ2n) is 12.6. The molecule has 45 heavy (non-hydrogen) atoms. The van der Waals surface area contributed by atoms with E-state index in [1.165, 1.54) is 43.2 Å². The molecule has 0 atom stereocenters. The Hall–Kier alpha value is -4.17. The number of rotatable bonds is 11. The summed E-state index contributed by atoms with van der Waals surface area (Å²) in [5.41, 5.74) is 5.35. The fraction of sp³-hybridized carbons (Fsp3) is 0.378. The molecule has 7 nitrogen and oxygen atoms in total. The summed E-state index contributed by atoms with van der Waals surface area (Å²) < 4.78 is 16.3. The van der Waals surface area contributed by atoms with Gasteiger partial charge in [0.15, 0.2) is 11.7 Å². The minimum absolute atomic E-state index is 0.376. The molecule has 1 saturated carbocycles. The highest BCUT2D eigenvalue weighted by Gasteiger charge is 2.19. The lowest BCUT2D eigenvalue weighted by Gasteiger charge is -2.22. The van der Waals surface area contributed by atoms with Crippen LogP contribution in [0, 0.1) is 0 Å². The first kappa shape index (κ1) is 32.2. The van der Waals surface area contributed by atoms with Gasteiger partial charge in [0.2, 0.25) is 0 Å². The fourth-order valence-electron chi connectivity index (χ4n) is 5.45. The SMILES string of the molecule is CN(Cc1ccc(C(=O)OCC(=O)OC(C)(C)C)cc1)c1nc(-c2ccc(OCc3ccc(C4CCCCC4)cc3)cc2)cs1. The molecule has 1 aliphatic rings. The highest BCUT2D eigenvalue weighted by molar-refractivity contribution is 7.14. The Balaban J connectivity index is 1.09. The van der Waals surface area contributed by atoms with Crippen LogP contribution in [0.2, 0.25) is 0 Å². The van der Waals surface area contributed by atoms with Gasteiger partial charge in [0, 0.05) is 24.5 Å². The molecule has 0 bridgehead atoms. The van der Waals surface area contributed by atoms with Crippen molar-refractivity contribution in [2.45, 2.75) is 77.5 Å². The fourth-order valence-corrected chi connectivity index (χ4v) is 6.25. The number of esters is 2. The summed E-state index contributed by atoms with van der Waals surface area (Å²) in [4.78, 5) is 31.1. The van der Waals surface area contributed by atoms with Crippen molar-refractivity contribution in [2.24, 2.45) is 0 Å². The number of hydrogen-bond acceptors (Lipinski definition) is 8. The molecular formula is C37H42N2O5S. The van der Waals surface area contributed by atoms with Crippen LogP contribution in [0.3, 0.4) is 0 Å². The molecule has 0 amide bonds. The summed E-state index contributed by atoms with van der Waals surface area (Å²) in [6.45, 7) is 6.04. The summed E-state index contributed by atoms with van der Waals surface area (Å²) in [6, 6.07) is 24.2. The lowest BCUT2D eigenvalue weighted by molar-refractivity contribution is -0.158. The smallest absolute Gasteiger partial charge is 0.344 e. The van der Waals surface area contributed by atoms with Gasteiger partial charge < -0.3 is 19.1 Å². The Bertz CT molecular complexity index is 1550.